The summed E-state index contributed by atoms with van der Waals surface area (Å²) in [4.78, 5) is 0. The number of hydrogen-bond donors (Lipinski definition) is 1. The molecule has 2 rings (SSSR count). The van der Waals surface area contributed by atoms with Gasteiger partial charge in [-0.1, -0.05) is 63.9 Å². The molecule has 0 saturated heterocycles. The zero-order valence-electron chi connectivity index (χ0n) is 12.9. The first kappa shape index (κ1) is 14.6. The van der Waals surface area contributed by atoms with E-state index in [0.29, 0.717) is 6.04 Å². The van der Waals surface area contributed by atoms with Gasteiger partial charge >= 0.3 is 0 Å². The maximum atomic E-state index is 3.63. The van der Waals surface area contributed by atoms with Crippen LogP contribution >= 0.6 is 0 Å². The van der Waals surface area contributed by atoms with Crippen molar-refractivity contribution in [1.29, 1.82) is 0 Å². The Morgan fingerprint density at radius 1 is 1.05 bits per heavy atom. The molecular formula is C18H29N. The van der Waals surface area contributed by atoms with Crippen LogP contribution in [0.4, 0.5) is 0 Å². The molecule has 1 aliphatic carbocycles. The van der Waals surface area contributed by atoms with Gasteiger partial charge in [-0.3, -0.25) is 0 Å². The SMILES string of the molecule is CNC(C1CCC(C)CC1)C(C)(C)c1ccccc1. The second-order valence-electron chi connectivity index (χ2n) is 6.87. The van der Waals surface area contributed by atoms with Crippen molar-refractivity contribution in [2.24, 2.45) is 11.8 Å². The summed E-state index contributed by atoms with van der Waals surface area (Å²) in [5.41, 5.74) is 1.65. The predicted octanol–water partition coefficient (Wildman–Crippen LogP) is 4.38. The van der Waals surface area contributed by atoms with Gasteiger partial charge in [0.05, 0.1) is 0 Å². The molecule has 1 N–H and O–H groups in total. The minimum absolute atomic E-state index is 0.196. The van der Waals surface area contributed by atoms with Crippen LogP contribution in [-0.2, 0) is 5.41 Å². The molecule has 1 saturated carbocycles. The van der Waals surface area contributed by atoms with E-state index in [1.807, 2.05) is 0 Å². The quantitative estimate of drug-likeness (QED) is 0.846. The number of nitrogens with one attached hydrogen (secondary N) is 1. The van der Waals surface area contributed by atoms with Gasteiger partial charge in [0.2, 0.25) is 0 Å². The highest BCUT2D eigenvalue weighted by Gasteiger charge is 2.36. The Hall–Kier alpha value is -0.820. The van der Waals surface area contributed by atoms with Gasteiger partial charge in [0.25, 0.3) is 0 Å². The predicted molar refractivity (Wildman–Crippen MR) is 83.4 cm³/mol. The van der Waals surface area contributed by atoms with E-state index in [1.54, 1.807) is 0 Å². The lowest BCUT2D eigenvalue weighted by Gasteiger charge is -2.42. The first-order valence-electron chi connectivity index (χ1n) is 7.78. The Balaban J connectivity index is 2.16. The summed E-state index contributed by atoms with van der Waals surface area (Å²) in [5, 5.41) is 3.63. The third-order valence-corrected chi connectivity index (χ3v) is 5.14. The standard InChI is InChI=1S/C18H29N/c1-14-10-12-15(13-11-14)17(19-4)18(2,3)16-8-6-5-7-9-16/h5-9,14-15,17,19H,10-13H2,1-4H3. The van der Waals surface area contributed by atoms with E-state index in [4.69, 9.17) is 0 Å². The summed E-state index contributed by atoms with van der Waals surface area (Å²) in [7, 11) is 2.13. The second kappa shape index (κ2) is 6.09. The Kier molecular flexibility index (Phi) is 4.67. The highest BCUT2D eigenvalue weighted by atomic mass is 14.9. The Morgan fingerprint density at radius 3 is 2.16 bits per heavy atom. The van der Waals surface area contributed by atoms with Crippen molar-refractivity contribution in [3.8, 4) is 0 Å². The molecule has 0 heterocycles. The van der Waals surface area contributed by atoms with Crippen molar-refractivity contribution in [3.63, 3.8) is 0 Å². The van der Waals surface area contributed by atoms with Gasteiger partial charge in [-0.2, -0.15) is 0 Å². The number of hydrogen-bond acceptors (Lipinski definition) is 1. The first-order valence-corrected chi connectivity index (χ1v) is 7.78. The molecule has 0 aliphatic heterocycles. The van der Waals surface area contributed by atoms with E-state index in [9.17, 15) is 0 Å². The van der Waals surface area contributed by atoms with Crippen molar-refractivity contribution < 1.29 is 0 Å². The van der Waals surface area contributed by atoms with Crippen molar-refractivity contribution >= 4 is 0 Å². The van der Waals surface area contributed by atoms with Crippen molar-refractivity contribution in [3.05, 3.63) is 35.9 Å². The number of benzene rings is 1. The van der Waals surface area contributed by atoms with Crippen LogP contribution in [0, 0.1) is 11.8 Å². The van der Waals surface area contributed by atoms with Gasteiger partial charge < -0.3 is 5.32 Å². The van der Waals surface area contributed by atoms with E-state index in [1.165, 1.54) is 31.2 Å². The molecule has 1 unspecified atom stereocenters. The molecule has 19 heavy (non-hydrogen) atoms. The fraction of sp³-hybridized carbons (Fsp3) is 0.667. The molecule has 0 amide bonds. The van der Waals surface area contributed by atoms with Gasteiger partial charge in [0.15, 0.2) is 0 Å². The third-order valence-electron chi connectivity index (χ3n) is 5.14. The molecule has 0 aromatic heterocycles. The summed E-state index contributed by atoms with van der Waals surface area (Å²) in [6.45, 7) is 7.18. The summed E-state index contributed by atoms with van der Waals surface area (Å²) < 4.78 is 0. The fourth-order valence-electron chi connectivity index (χ4n) is 3.85. The first-order chi connectivity index (χ1) is 9.05. The second-order valence-corrected chi connectivity index (χ2v) is 6.87. The van der Waals surface area contributed by atoms with Crippen LogP contribution in [0.15, 0.2) is 30.3 Å². The molecule has 1 aliphatic rings. The van der Waals surface area contributed by atoms with E-state index >= 15 is 0 Å². The van der Waals surface area contributed by atoms with Crippen LogP contribution in [0.1, 0.15) is 52.0 Å². The van der Waals surface area contributed by atoms with Crippen LogP contribution in [-0.4, -0.2) is 13.1 Å². The van der Waals surface area contributed by atoms with E-state index in [2.05, 4.69) is 63.5 Å². The van der Waals surface area contributed by atoms with Crippen molar-refractivity contribution in [1.82, 2.24) is 5.32 Å². The lowest BCUT2D eigenvalue weighted by Crippen LogP contribution is -2.49. The van der Waals surface area contributed by atoms with E-state index in [0.717, 1.165) is 11.8 Å². The zero-order valence-corrected chi connectivity index (χ0v) is 12.9. The van der Waals surface area contributed by atoms with Gasteiger partial charge in [-0.05, 0) is 37.3 Å². The minimum atomic E-state index is 0.196. The van der Waals surface area contributed by atoms with Crippen molar-refractivity contribution in [2.75, 3.05) is 7.05 Å². The molecule has 0 spiro atoms. The largest absolute Gasteiger partial charge is 0.316 e. The Morgan fingerprint density at radius 2 is 1.63 bits per heavy atom. The topological polar surface area (TPSA) is 12.0 Å². The van der Waals surface area contributed by atoms with Crippen LogP contribution in [0.5, 0.6) is 0 Å². The van der Waals surface area contributed by atoms with Gasteiger partial charge in [-0.25, -0.2) is 0 Å². The van der Waals surface area contributed by atoms with Gasteiger partial charge in [-0.15, -0.1) is 0 Å². The number of rotatable bonds is 4. The summed E-state index contributed by atoms with van der Waals surface area (Å²) in [6, 6.07) is 11.5. The van der Waals surface area contributed by atoms with E-state index < -0.39 is 0 Å². The molecule has 1 atom stereocenters. The molecule has 1 fully saturated rings. The zero-order chi connectivity index (χ0) is 13.9. The minimum Gasteiger partial charge on any atom is -0.316 e. The molecule has 0 bridgehead atoms. The van der Waals surface area contributed by atoms with Crippen LogP contribution in [0.2, 0.25) is 0 Å². The molecule has 1 aromatic carbocycles. The normalized spacial score (nSPS) is 26.1. The maximum Gasteiger partial charge on any atom is 0.0184 e. The average molecular weight is 259 g/mol. The third kappa shape index (κ3) is 3.20. The smallest absolute Gasteiger partial charge is 0.0184 e. The molecule has 1 heteroatoms. The molecule has 1 aromatic rings. The van der Waals surface area contributed by atoms with Gasteiger partial charge in [0.1, 0.15) is 0 Å². The summed E-state index contributed by atoms with van der Waals surface area (Å²) in [5.74, 6) is 1.74. The van der Waals surface area contributed by atoms with Crippen LogP contribution in [0.25, 0.3) is 0 Å². The maximum absolute atomic E-state index is 3.63. The van der Waals surface area contributed by atoms with Crippen molar-refractivity contribution in [2.45, 2.75) is 57.9 Å². The summed E-state index contributed by atoms with van der Waals surface area (Å²) in [6.07, 6.45) is 5.55. The van der Waals surface area contributed by atoms with Crippen LogP contribution in [0.3, 0.4) is 0 Å². The van der Waals surface area contributed by atoms with Crippen LogP contribution < -0.4 is 5.32 Å². The summed E-state index contributed by atoms with van der Waals surface area (Å²) >= 11 is 0. The highest BCUT2D eigenvalue weighted by molar-refractivity contribution is 5.26. The van der Waals surface area contributed by atoms with Gasteiger partial charge in [0, 0.05) is 11.5 Å². The molecule has 1 nitrogen and oxygen atoms in total. The lowest BCUT2D eigenvalue weighted by atomic mass is 9.67. The fourth-order valence-corrected chi connectivity index (χ4v) is 3.85. The monoisotopic (exact) mass is 259 g/mol. The molecular weight excluding hydrogens is 230 g/mol. The Labute approximate surface area is 118 Å². The highest BCUT2D eigenvalue weighted by Crippen LogP contribution is 2.38. The average Bonchev–Trinajstić information content (AvgIpc) is 2.42. The lowest BCUT2D eigenvalue weighted by molar-refractivity contribution is 0.182. The Bertz CT molecular complexity index is 374. The van der Waals surface area contributed by atoms with E-state index in [-0.39, 0.29) is 5.41 Å². The molecule has 0 radical (unpaired) electrons. The molecule has 106 valence electrons. The number of likely N-dealkylation sites (N-methyl/N-ethyl adjacent to an activating group) is 1.